The third-order valence-corrected chi connectivity index (χ3v) is 4.45. The van der Waals surface area contributed by atoms with Gasteiger partial charge in [-0.15, -0.1) is 0 Å². The van der Waals surface area contributed by atoms with Gasteiger partial charge in [0.15, 0.2) is 0 Å². The normalized spacial score (nSPS) is 19.8. The second-order valence-corrected chi connectivity index (χ2v) is 6.47. The lowest BCUT2D eigenvalue weighted by molar-refractivity contribution is -0.122. The van der Waals surface area contributed by atoms with Crippen LogP contribution < -0.4 is 10.6 Å². The van der Waals surface area contributed by atoms with E-state index in [1.54, 1.807) is 0 Å². The van der Waals surface area contributed by atoms with E-state index >= 15 is 0 Å². The van der Waals surface area contributed by atoms with Crippen molar-refractivity contribution in [2.24, 2.45) is 5.92 Å². The fraction of sp³-hybridized carbons (Fsp3) is 0.471. The average Bonchev–Trinajstić information content (AvgIpc) is 3.32. The largest absolute Gasteiger partial charge is 0.371 e. The minimum absolute atomic E-state index is 0.0352. The van der Waals surface area contributed by atoms with Gasteiger partial charge in [-0.2, -0.15) is 0 Å². The van der Waals surface area contributed by atoms with Gasteiger partial charge in [-0.05, 0) is 31.0 Å². The molecule has 2 heterocycles. The van der Waals surface area contributed by atoms with Gasteiger partial charge in [-0.1, -0.05) is 0 Å². The van der Waals surface area contributed by atoms with Gasteiger partial charge in [-0.3, -0.25) is 9.59 Å². The number of anilines is 1. The summed E-state index contributed by atoms with van der Waals surface area (Å²) in [5.41, 5.74) is 2.54. The highest BCUT2D eigenvalue weighted by atomic mass is 16.5. The summed E-state index contributed by atoms with van der Waals surface area (Å²) in [6.07, 6.45) is 2.00. The Bertz CT molecular complexity index is 810. The van der Waals surface area contributed by atoms with Crippen molar-refractivity contribution in [2.75, 3.05) is 18.5 Å². The number of nitrogens with one attached hydrogen (secondary N) is 2. The molecule has 7 heteroatoms. The van der Waals surface area contributed by atoms with Crippen molar-refractivity contribution < 1.29 is 14.3 Å². The predicted molar refractivity (Wildman–Crippen MR) is 88.5 cm³/mol. The maximum atomic E-state index is 11.9. The Morgan fingerprint density at radius 2 is 2.21 bits per heavy atom. The van der Waals surface area contributed by atoms with E-state index in [9.17, 15) is 9.59 Å². The maximum Gasteiger partial charge on any atom is 0.223 e. The van der Waals surface area contributed by atoms with Gasteiger partial charge in [0.25, 0.3) is 0 Å². The monoisotopic (exact) mass is 328 g/mol. The minimum Gasteiger partial charge on any atom is -0.371 e. The summed E-state index contributed by atoms with van der Waals surface area (Å²) >= 11 is 0. The minimum atomic E-state index is -0.109. The van der Waals surface area contributed by atoms with Crippen LogP contribution in [0, 0.1) is 5.92 Å². The van der Waals surface area contributed by atoms with Crippen molar-refractivity contribution in [1.29, 1.82) is 0 Å². The highest BCUT2D eigenvalue weighted by Crippen LogP contribution is 2.30. The number of amides is 2. The van der Waals surface area contributed by atoms with Crippen LogP contribution in [0.5, 0.6) is 0 Å². The third kappa shape index (κ3) is 2.87. The number of hydrogen-bond donors (Lipinski definition) is 2. The summed E-state index contributed by atoms with van der Waals surface area (Å²) in [5, 5.41) is 5.79. The van der Waals surface area contributed by atoms with Crippen LogP contribution in [-0.4, -0.2) is 34.5 Å². The summed E-state index contributed by atoms with van der Waals surface area (Å²) in [4.78, 5) is 27.7. The number of carbonyl (C=O) groups excluding carboxylic acids is 2. The molecule has 24 heavy (non-hydrogen) atoms. The number of nitrogens with zero attached hydrogens (tertiary/aromatic N) is 2. The Morgan fingerprint density at radius 1 is 1.38 bits per heavy atom. The van der Waals surface area contributed by atoms with Crippen LogP contribution in [-0.2, 0) is 20.9 Å². The van der Waals surface area contributed by atoms with Crippen molar-refractivity contribution in [1.82, 2.24) is 14.9 Å². The Hall–Kier alpha value is -2.41. The zero-order chi connectivity index (χ0) is 16.7. The molecule has 1 aliphatic heterocycles. The molecule has 0 saturated heterocycles. The number of aromatic nitrogens is 2. The summed E-state index contributed by atoms with van der Waals surface area (Å²) < 4.78 is 7.78. The molecule has 0 unspecified atom stereocenters. The molecule has 4 rings (SSSR count). The number of rotatable bonds is 4. The number of ether oxygens (including phenoxy) is 1. The number of carbonyl (C=O) groups is 2. The first-order valence-electron chi connectivity index (χ1n) is 8.26. The number of fused-ring (bicyclic) bond motifs is 3. The quantitative estimate of drug-likeness (QED) is 0.892. The summed E-state index contributed by atoms with van der Waals surface area (Å²) in [7, 11) is 0. The van der Waals surface area contributed by atoms with Crippen LogP contribution in [0.2, 0.25) is 0 Å². The third-order valence-electron chi connectivity index (χ3n) is 4.45. The molecule has 1 aliphatic carbocycles. The molecule has 7 nitrogen and oxygen atoms in total. The SMILES string of the molecule is CC(=O)Nc1ccc2c(c1)nc1n2[C@@H](CNC(=O)C2CC2)COC1. The molecule has 2 amide bonds. The first-order valence-corrected chi connectivity index (χ1v) is 8.26. The summed E-state index contributed by atoms with van der Waals surface area (Å²) in [6, 6.07) is 5.72. The second kappa shape index (κ2) is 5.90. The fourth-order valence-corrected chi connectivity index (χ4v) is 3.16. The standard InChI is InChI=1S/C17H20N4O3/c1-10(22)19-12-4-5-15-14(6-12)20-16-9-24-8-13(21(15)16)7-18-17(23)11-2-3-11/h4-6,11,13H,2-3,7-9H2,1H3,(H,18,23)(H,19,22)/t13-/m0/s1. The van der Waals surface area contributed by atoms with Crippen molar-refractivity contribution in [3.63, 3.8) is 0 Å². The van der Waals surface area contributed by atoms with E-state index < -0.39 is 0 Å². The molecule has 0 bridgehead atoms. The molecule has 1 atom stereocenters. The Morgan fingerprint density at radius 3 is 2.96 bits per heavy atom. The molecule has 2 aromatic rings. The molecule has 2 aliphatic rings. The van der Waals surface area contributed by atoms with E-state index in [1.807, 2.05) is 18.2 Å². The van der Waals surface area contributed by atoms with Gasteiger partial charge in [0.2, 0.25) is 11.8 Å². The van der Waals surface area contributed by atoms with Crippen LogP contribution in [0.4, 0.5) is 5.69 Å². The first-order chi connectivity index (χ1) is 11.6. The van der Waals surface area contributed by atoms with Crippen molar-refractivity contribution in [2.45, 2.75) is 32.4 Å². The van der Waals surface area contributed by atoms with Crippen LogP contribution in [0.1, 0.15) is 31.6 Å². The number of benzene rings is 1. The lowest BCUT2D eigenvalue weighted by Gasteiger charge is -2.26. The lowest BCUT2D eigenvalue weighted by atomic mass is 10.2. The molecule has 0 spiro atoms. The molecule has 0 radical (unpaired) electrons. The van der Waals surface area contributed by atoms with Gasteiger partial charge in [0.1, 0.15) is 12.4 Å². The van der Waals surface area contributed by atoms with Crippen molar-refractivity contribution in [3.8, 4) is 0 Å². The summed E-state index contributed by atoms with van der Waals surface area (Å²) in [6.45, 7) is 3.03. The Balaban J connectivity index is 1.60. The van der Waals surface area contributed by atoms with Crippen LogP contribution in [0.15, 0.2) is 18.2 Å². The highest BCUT2D eigenvalue weighted by Gasteiger charge is 2.31. The average molecular weight is 328 g/mol. The van der Waals surface area contributed by atoms with Crippen molar-refractivity contribution >= 4 is 28.5 Å². The van der Waals surface area contributed by atoms with E-state index in [1.165, 1.54) is 6.92 Å². The second-order valence-electron chi connectivity index (χ2n) is 6.47. The molecular formula is C17H20N4O3. The number of hydrogen-bond acceptors (Lipinski definition) is 4. The zero-order valence-electron chi connectivity index (χ0n) is 13.5. The molecule has 1 fully saturated rings. The summed E-state index contributed by atoms with van der Waals surface area (Å²) in [5.74, 6) is 1.08. The Labute approximate surface area is 139 Å². The van der Waals surface area contributed by atoms with Gasteiger partial charge in [-0.25, -0.2) is 4.98 Å². The van der Waals surface area contributed by atoms with Crippen LogP contribution in [0.25, 0.3) is 11.0 Å². The molecule has 2 N–H and O–H groups in total. The predicted octanol–water partition coefficient (Wildman–Crippen LogP) is 1.59. The fourth-order valence-electron chi connectivity index (χ4n) is 3.16. The molecule has 1 saturated carbocycles. The van der Waals surface area contributed by atoms with E-state index in [0.717, 1.165) is 35.4 Å². The topological polar surface area (TPSA) is 85.3 Å². The van der Waals surface area contributed by atoms with Crippen LogP contribution >= 0.6 is 0 Å². The van der Waals surface area contributed by atoms with Gasteiger partial charge in [0.05, 0.1) is 23.7 Å². The van der Waals surface area contributed by atoms with Gasteiger partial charge < -0.3 is 19.9 Å². The van der Waals surface area contributed by atoms with Gasteiger partial charge >= 0.3 is 0 Å². The molecule has 126 valence electrons. The Kier molecular flexibility index (Phi) is 3.72. The van der Waals surface area contributed by atoms with Crippen LogP contribution in [0.3, 0.4) is 0 Å². The van der Waals surface area contributed by atoms with E-state index in [2.05, 4.69) is 20.2 Å². The molecule has 1 aromatic heterocycles. The first kappa shape index (κ1) is 15.1. The molecule has 1 aromatic carbocycles. The highest BCUT2D eigenvalue weighted by molar-refractivity contribution is 5.91. The number of imidazole rings is 1. The van der Waals surface area contributed by atoms with Crippen molar-refractivity contribution in [3.05, 3.63) is 24.0 Å². The van der Waals surface area contributed by atoms with E-state index in [0.29, 0.717) is 19.8 Å². The zero-order valence-corrected chi connectivity index (χ0v) is 13.5. The van der Waals surface area contributed by atoms with E-state index in [4.69, 9.17) is 4.74 Å². The smallest absolute Gasteiger partial charge is 0.223 e. The molecular weight excluding hydrogens is 308 g/mol. The van der Waals surface area contributed by atoms with E-state index in [-0.39, 0.29) is 23.8 Å². The van der Waals surface area contributed by atoms with Gasteiger partial charge in [0, 0.05) is 25.1 Å². The lowest BCUT2D eigenvalue weighted by Crippen LogP contribution is -2.36. The maximum absolute atomic E-state index is 11.9.